The molecule has 0 amide bonds. The normalized spacial score (nSPS) is 16.2. The Kier molecular flexibility index (Phi) is 6.09. The van der Waals surface area contributed by atoms with Crippen LogP contribution in [-0.4, -0.2) is 34.2 Å². The maximum Gasteiger partial charge on any atom is 0.328 e. The molecular weight excluding hydrogens is 414 g/mol. The zero-order valence-electron chi connectivity index (χ0n) is 18.1. The van der Waals surface area contributed by atoms with Crippen LogP contribution in [0.5, 0.6) is 5.75 Å². The number of carbonyl (C=O) groups is 1. The fraction of sp³-hybridized carbons (Fsp3) is 0.478. The number of carbonyl (C=O) groups excluding carboxylic acids is 1. The van der Waals surface area contributed by atoms with E-state index in [1.807, 2.05) is 30.3 Å². The molecule has 0 fully saturated rings. The topological polar surface area (TPSA) is 83.3 Å². The highest BCUT2D eigenvalue weighted by Crippen LogP contribution is 2.41. The number of para-hydroxylation sites is 1. The number of hydrogen-bond acceptors (Lipinski definition) is 7. The first-order chi connectivity index (χ1) is 14.8. The van der Waals surface area contributed by atoms with Crippen molar-refractivity contribution in [1.29, 1.82) is 0 Å². The number of ether oxygens (including phenoxy) is 2. The first kappa shape index (κ1) is 21.5. The van der Waals surface area contributed by atoms with Crippen LogP contribution in [-0.2, 0) is 28.9 Å². The summed E-state index contributed by atoms with van der Waals surface area (Å²) in [6.45, 7) is 6.86. The van der Waals surface area contributed by atoms with Crippen LogP contribution in [0.25, 0.3) is 10.2 Å². The zero-order valence-corrected chi connectivity index (χ0v) is 18.9. The molecule has 1 atom stereocenters. The van der Waals surface area contributed by atoms with E-state index in [-0.39, 0.29) is 30.7 Å². The van der Waals surface area contributed by atoms with Crippen LogP contribution in [0, 0.1) is 11.3 Å². The Morgan fingerprint density at radius 1 is 1.23 bits per heavy atom. The molecule has 8 heteroatoms. The van der Waals surface area contributed by atoms with Gasteiger partial charge in [0.15, 0.2) is 4.83 Å². The molecule has 0 saturated heterocycles. The van der Waals surface area contributed by atoms with Gasteiger partial charge in [-0.25, -0.2) is 0 Å². The van der Waals surface area contributed by atoms with Gasteiger partial charge in [-0.05, 0) is 48.3 Å². The molecule has 3 aromatic rings. The van der Waals surface area contributed by atoms with Gasteiger partial charge in [0.25, 0.3) is 5.56 Å². The van der Waals surface area contributed by atoms with Crippen molar-refractivity contribution >= 4 is 27.5 Å². The van der Waals surface area contributed by atoms with Crippen LogP contribution in [0.3, 0.4) is 0 Å². The molecule has 164 valence electrons. The molecule has 31 heavy (non-hydrogen) atoms. The SMILES string of the molecule is CC(C)(C)C1CCc2c(sc3nnn(CC(=O)OCCOc4ccccc4)c(=O)c23)C1. The number of hydrogen-bond donors (Lipinski definition) is 0. The van der Waals surface area contributed by atoms with Gasteiger partial charge in [-0.1, -0.05) is 44.2 Å². The lowest BCUT2D eigenvalue weighted by Gasteiger charge is -2.33. The van der Waals surface area contributed by atoms with Gasteiger partial charge in [-0.3, -0.25) is 9.59 Å². The van der Waals surface area contributed by atoms with E-state index < -0.39 is 5.97 Å². The van der Waals surface area contributed by atoms with Gasteiger partial charge >= 0.3 is 5.97 Å². The summed E-state index contributed by atoms with van der Waals surface area (Å²) in [5.74, 6) is 0.752. The third-order valence-electron chi connectivity index (χ3n) is 5.80. The highest BCUT2D eigenvalue weighted by atomic mass is 32.1. The van der Waals surface area contributed by atoms with Gasteiger partial charge in [0.05, 0.1) is 5.39 Å². The minimum Gasteiger partial charge on any atom is -0.490 e. The molecule has 0 aliphatic heterocycles. The number of fused-ring (bicyclic) bond motifs is 3. The second-order valence-corrected chi connectivity index (χ2v) is 10.0. The number of nitrogens with zero attached hydrogens (tertiary/aromatic N) is 3. The third-order valence-corrected chi connectivity index (χ3v) is 6.94. The Morgan fingerprint density at radius 2 is 2.00 bits per heavy atom. The van der Waals surface area contributed by atoms with E-state index >= 15 is 0 Å². The molecule has 7 nitrogen and oxygen atoms in total. The Morgan fingerprint density at radius 3 is 2.74 bits per heavy atom. The van der Waals surface area contributed by atoms with Crippen LogP contribution >= 0.6 is 11.3 Å². The van der Waals surface area contributed by atoms with Gasteiger partial charge in [0.1, 0.15) is 25.5 Å². The predicted octanol–water partition coefficient (Wildman–Crippen LogP) is 3.63. The molecule has 1 aromatic carbocycles. The van der Waals surface area contributed by atoms with E-state index in [0.717, 1.165) is 29.5 Å². The van der Waals surface area contributed by atoms with Crippen molar-refractivity contribution in [3.63, 3.8) is 0 Å². The van der Waals surface area contributed by atoms with Gasteiger partial charge in [0, 0.05) is 4.88 Å². The average molecular weight is 442 g/mol. The largest absolute Gasteiger partial charge is 0.490 e. The Bertz CT molecular complexity index is 1130. The summed E-state index contributed by atoms with van der Waals surface area (Å²) in [6.07, 6.45) is 2.87. The van der Waals surface area contributed by atoms with E-state index in [9.17, 15) is 9.59 Å². The van der Waals surface area contributed by atoms with E-state index in [4.69, 9.17) is 9.47 Å². The van der Waals surface area contributed by atoms with Crippen molar-refractivity contribution in [2.24, 2.45) is 11.3 Å². The molecular formula is C23H27N3O4S. The quantitative estimate of drug-likeness (QED) is 0.429. The summed E-state index contributed by atoms with van der Waals surface area (Å²) in [5, 5.41) is 8.80. The molecule has 2 heterocycles. The molecule has 2 aromatic heterocycles. The van der Waals surface area contributed by atoms with E-state index in [1.165, 1.54) is 4.88 Å². The highest BCUT2D eigenvalue weighted by molar-refractivity contribution is 7.18. The second kappa shape index (κ2) is 8.78. The van der Waals surface area contributed by atoms with Crippen LogP contribution in [0.1, 0.15) is 37.6 Å². The van der Waals surface area contributed by atoms with Crippen LogP contribution in [0.15, 0.2) is 35.1 Å². The van der Waals surface area contributed by atoms with Crippen LogP contribution in [0.4, 0.5) is 0 Å². The van der Waals surface area contributed by atoms with Crippen molar-refractivity contribution in [2.75, 3.05) is 13.2 Å². The minimum absolute atomic E-state index is 0.0974. The second-order valence-electron chi connectivity index (χ2n) is 8.92. The molecule has 0 spiro atoms. The summed E-state index contributed by atoms with van der Waals surface area (Å²) in [7, 11) is 0. The molecule has 1 unspecified atom stereocenters. The van der Waals surface area contributed by atoms with Crippen molar-refractivity contribution in [2.45, 2.75) is 46.6 Å². The number of rotatable bonds is 6. The van der Waals surface area contributed by atoms with Crippen molar-refractivity contribution in [1.82, 2.24) is 15.0 Å². The molecule has 0 bridgehead atoms. The minimum atomic E-state index is -0.538. The maximum atomic E-state index is 13.0. The van der Waals surface area contributed by atoms with Crippen LogP contribution in [0.2, 0.25) is 0 Å². The van der Waals surface area contributed by atoms with E-state index in [2.05, 4.69) is 31.1 Å². The lowest BCUT2D eigenvalue weighted by molar-refractivity contribution is -0.145. The Balaban J connectivity index is 1.41. The highest BCUT2D eigenvalue weighted by Gasteiger charge is 2.32. The molecule has 1 aliphatic rings. The summed E-state index contributed by atoms with van der Waals surface area (Å²) < 4.78 is 11.8. The fourth-order valence-electron chi connectivity index (χ4n) is 3.97. The van der Waals surface area contributed by atoms with Gasteiger partial charge in [-0.2, -0.15) is 4.68 Å². The van der Waals surface area contributed by atoms with Crippen molar-refractivity contribution in [3.05, 3.63) is 51.1 Å². The molecule has 0 radical (unpaired) electrons. The molecule has 0 saturated carbocycles. The summed E-state index contributed by atoms with van der Waals surface area (Å²) in [4.78, 5) is 27.1. The van der Waals surface area contributed by atoms with Crippen molar-refractivity contribution in [3.8, 4) is 5.75 Å². The summed E-state index contributed by atoms with van der Waals surface area (Å²) in [6, 6.07) is 9.30. The monoisotopic (exact) mass is 441 g/mol. The van der Waals surface area contributed by atoms with E-state index in [1.54, 1.807) is 11.3 Å². The Hall–Kier alpha value is -2.74. The molecule has 0 N–H and O–H groups in total. The number of esters is 1. The van der Waals surface area contributed by atoms with Crippen LogP contribution < -0.4 is 10.3 Å². The smallest absolute Gasteiger partial charge is 0.328 e. The average Bonchev–Trinajstić information content (AvgIpc) is 3.12. The standard InChI is InChI=1S/C23H27N3O4S/c1-23(2,3)15-9-10-17-18(13-15)31-21-20(17)22(28)26(25-24-21)14-19(27)30-12-11-29-16-7-5-4-6-8-16/h4-8,15H,9-14H2,1-3H3. The first-order valence-electron chi connectivity index (χ1n) is 10.5. The fourth-order valence-corrected chi connectivity index (χ4v) is 5.20. The van der Waals surface area contributed by atoms with Gasteiger partial charge in [0.2, 0.25) is 0 Å². The third kappa shape index (κ3) is 4.79. The Labute approximate surface area is 185 Å². The molecule has 4 rings (SSSR count). The number of thiophene rings is 1. The number of benzene rings is 1. The lowest BCUT2D eigenvalue weighted by Crippen LogP contribution is -2.30. The number of aromatic nitrogens is 3. The maximum absolute atomic E-state index is 13.0. The predicted molar refractivity (Wildman–Crippen MR) is 120 cm³/mol. The first-order valence-corrected chi connectivity index (χ1v) is 11.4. The number of aryl methyl sites for hydroxylation is 1. The van der Waals surface area contributed by atoms with Gasteiger partial charge in [-0.15, -0.1) is 16.4 Å². The van der Waals surface area contributed by atoms with E-state index in [0.29, 0.717) is 21.9 Å². The lowest BCUT2D eigenvalue weighted by atomic mass is 9.72. The summed E-state index contributed by atoms with van der Waals surface area (Å²) in [5.41, 5.74) is 1.04. The summed E-state index contributed by atoms with van der Waals surface area (Å²) >= 11 is 1.56. The van der Waals surface area contributed by atoms with Gasteiger partial charge < -0.3 is 9.47 Å². The zero-order chi connectivity index (χ0) is 22.0. The van der Waals surface area contributed by atoms with Crippen molar-refractivity contribution < 1.29 is 14.3 Å². The molecule has 1 aliphatic carbocycles.